The van der Waals surface area contributed by atoms with Crippen LogP contribution in [0.15, 0.2) is 166 Å². The van der Waals surface area contributed by atoms with Crippen LogP contribution >= 0.6 is 0 Å². The zero-order valence-electron chi connectivity index (χ0n) is 47.8. The SMILES string of the molecule is CC1(C)O[C@@H]2[C@H](O1)[C@@H](COc1ccc(-c3c4nc(c(-c5ccncc5)c5ccc([nH]5)c(-c5ccncc5)c5nc(c(-c6ccc(OC[C@H]7O[C@@H](n8ccc(=O)[nH]c8=O)[C@@H]8OC(C)(C)O[C@@H]87)cc6)c6ccc3[nH]6)C=C5)C=C4)cc1)O[C@H]2n1ccc(=O)[nH]c1=O. The molecule has 8 atom stereocenters. The molecule has 0 aliphatic carbocycles. The van der Waals surface area contributed by atoms with Gasteiger partial charge in [-0.05, 0) is 147 Å². The van der Waals surface area contributed by atoms with Crippen molar-refractivity contribution in [2.75, 3.05) is 13.2 Å². The molecule has 15 rings (SSSR count). The molecule has 4 fully saturated rings. The van der Waals surface area contributed by atoms with Crippen molar-refractivity contribution in [3.8, 4) is 56.0 Å². The third kappa shape index (κ3) is 10.1. The molecule has 8 bridgehead atoms. The summed E-state index contributed by atoms with van der Waals surface area (Å²) in [6.07, 6.45) is 12.5. The van der Waals surface area contributed by atoms with Gasteiger partial charge in [0.05, 0.1) is 22.8 Å². The number of fused-ring (bicyclic) bond motifs is 10. The highest BCUT2D eigenvalue weighted by Gasteiger charge is 2.57. The van der Waals surface area contributed by atoms with Crippen molar-refractivity contribution in [1.29, 1.82) is 0 Å². The van der Waals surface area contributed by atoms with Gasteiger partial charge in [-0.3, -0.25) is 38.7 Å². The van der Waals surface area contributed by atoms with Crippen LogP contribution in [-0.4, -0.2) is 110 Å². The molecule has 6 aliphatic heterocycles. The maximum absolute atomic E-state index is 12.9. The van der Waals surface area contributed by atoms with E-state index < -0.39 is 83.2 Å². The average Bonchev–Trinajstić information content (AvgIpc) is 2.14. The number of benzene rings is 2. The standard InChI is InChI=1S/C66H56N10O12/c1-65(2)85-57-49(83-61(59(57)87-65)75-31-25-51(77)73-63(75)79)33-81-39-9-5-35(6-10-39)53-41-13-14-42(69-41)54(36-7-11-40(12-8-36)82-34-50-58-60(88-66(3,4)86-58)62(84-50)76-32-26-52(78)74-64(76)80)44-16-18-46(71-44)56(38-23-29-68-30-24-38)48-20-19-47(72-48)55(37-21-27-67-28-22-37)45-17-15-43(53)70-45/h5-32,49-50,57-62,69,72H,33-34H2,1-4H3,(H,73,77,79)(H,74,78,80)/t49-,50-,57-,58-,59-,60-,61-,62-/m1/s1. The molecule has 0 radical (unpaired) electrons. The summed E-state index contributed by atoms with van der Waals surface area (Å²) in [5.41, 5.74) is 10.7. The number of rotatable bonds is 12. The lowest BCUT2D eigenvalue weighted by Crippen LogP contribution is -2.37. The molecule has 4 saturated heterocycles. The van der Waals surface area contributed by atoms with E-state index in [1.165, 1.54) is 33.7 Å². The molecule has 4 N–H and O–H groups in total. The fourth-order valence-electron chi connectivity index (χ4n) is 12.5. The Morgan fingerprint density at radius 1 is 0.420 bits per heavy atom. The van der Waals surface area contributed by atoms with Gasteiger partial charge < -0.3 is 47.9 Å². The number of pyridine rings is 2. The van der Waals surface area contributed by atoms with Crippen molar-refractivity contribution in [1.82, 2.24) is 49.0 Å². The number of nitrogens with zero attached hydrogens (tertiary/aromatic N) is 6. The van der Waals surface area contributed by atoms with E-state index in [1.54, 1.807) is 52.5 Å². The van der Waals surface area contributed by atoms with Gasteiger partial charge in [0.2, 0.25) is 0 Å². The topological polar surface area (TPSA) is 267 Å². The van der Waals surface area contributed by atoms with E-state index in [0.717, 1.165) is 78.0 Å². The average molecular weight is 1180 g/mol. The first-order valence-electron chi connectivity index (χ1n) is 28.7. The summed E-state index contributed by atoms with van der Waals surface area (Å²) in [6.45, 7) is 7.35. The van der Waals surface area contributed by atoms with E-state index >= 15 is 0 Å². The molecule has 0 amide bonds. The molecule has 9 aromatic rings. The van der Waals surface area contributed by atoms with E-state index in [1.807, 2.05) is 109 Å². The van der Waals surface area contributed by atoms with Crippen LogP contribution in [0.5, 0.6) is 11.5 Å². The fraction of sp³-hybridized carbons (Fsp3) is 0.242. The molecule has 13 heterocycles. The molecule has 22 nitrogen and oxygen atoms in total. The van der Waals surface area contributed by atoms with Gasteiger partial charge in [0.1, 0.15) is 61.3 Å². The van der Waals surface area contributed by atoms with Crippen LogP contribution in [0.4, 0.5) is 0 Å². The summed E-state index contributed by atoms with van der Waals surface area (Å²) in [6, 6.07) is 34.2. The van der Waals surface area contributed by atoms with Crippen LogP contribution in [-0.2, 0) is 28.4 Å². The molecule has 7 aromatic heterocycles. The number of hydrogen-bond donors (Lipinski definition) is 4. The van der Waals surface area contributed by atoms with Gasteiger partial charge in [-0.25, -0.2) is 19.6 Å². The first-order valence-corrected chi connectivity index (χ1v) is 28.7. The Bertz CT molecular complexity index is 4410. The Balaban J connectivity index is 0.821. The van der Waals surface area contributed by atoms with Crippen molar-refractivity contribution in [2.45, 2.75) is 88.3 Å². The quantitative estimate of drug-likeness (QED) is 0.0890. The molecule has 2 aromatic carbocycles. The number of H-pyrrole nitrogens is 4. The summed E-state index contributed by atoms with van der Waals surface area (Å²) in [4.78, 5) is 81.6. The highest BCUT2D eigenvalue weighted by molar-refractivity contribution is 5.99. The second-order valence-corrected chi connectivity index (χ2v) is 22.9. The smallest absolute Gasteiger partial charge is 0.330 e. The van der Waals surface area contributed by atoms with Crippen LogP contribution in [0.1, 0.15) is 62.9 Å². The number of aromatic amines is 4. The number of aromatic nitrogens is 10. The van der Waals surface area contributed by atoms with Crippen molar-refractivity contribution in [3.63, 3.8) is 0 Å². The van der Waals surface area contributed by atoms with E-state index in [2.05, 4.69) is 42.0 Å². The zero-order valence-corrected chi connectivity index (χ0v) is 47.8. The van der Waals surface area contributed by atoms with Crippen LogP contribution < -0.4 is 32.0 Å². The Morgan fingerprint density at radius 3 is 1.09 bits per heavy atom. The van der Waals surface area contributed by atoms with E-state index in [-0.39, 0.29) is 13.2 Å². The van der Waals surface area contributed by atoms with Gasteiger partial charge in [0.25, 0.3) is 11.1 Å². The van der Waals surface area contributed by atoms with Crippen LogP contribution in [0.2, 0.25) is 0 Å². The monoisotopic (exact) mass is 1180 g/mol. The van der Waals surface area contributed by atoms with Gasteiger partial charge in [0, 0.05) is 93.6 Å². The predicted octanol–water partition coefficient (Wildman–Crippen LogP) is 8.81. The summed E-state index contributed by atoms with van der Waals surface area (Å²) in [7, 11) is 0. The lowest BCUT2D eigenvalue weighted by molar-refractivity contribution is -0.200. The summed E-state index contributed by atoms with van der Waals surface area (Å²) >= 11 is 0. The molecule has 0 saturated carbocycles. The van der Waals surface area contributed by atoms with Gasteiger partial charge in [-0.1, -0.05) is 24.3 Å². The summed E-state index contributed by atoms with van der Waals surface area (Å²) in [5.74, 6) is -0.797. The highest BCUT2D eigenvalue weighted by Crippen LogP contribution is 2.45. The first-order chi connectivity index (χ1) is 42.7. The first kappa shape index (κ1) is 54.7. The molecule has 22 heteroatoms. The third-order valence-corrected chi connectivity index (χ3v) is 16.3. The number of nitrogens with one attached hydrogen (secondary N) is 4. The second kappa shape index (κ2) is 21.5. The van der Waals surface area contributed by atoms with Crippen molar-refractivity contribution in [3.05, 3.63) is 211 Å². The molecule has 442 valence electrons. The van der Waals surface area contributed by atoms with Crippen LogP contribution in [0.25, 0.3) is 90.9 Å². The van der Waals surface area contributed by atoms with Crippen molar-refractivity contribution in [2.24, 2.45) is 0 Å². The Hall–Kier alpha value is -9.94. The summed E-state index contributed by atoms with van der Waals surface area (Å²) in [5, 5.41) is 0. The minimum Gasteiger partial charge on any atom is -0.491 e. The van der Waals surface area contributed by atoms with E-state index in [4.69, 9.17) is 47.9 Å². The molecule has 6 aliphatic rings. The Morgan fingerprint density at radius 2 is 0.750 bits per heavy atom. The van der Waals surface area contributed by atoms with Gasteiger partial charge >= 0.3 is 11.4 Å². The lowest BCUT2D eigenvalue weighted by Gasteiger charge is -2.24. The molecular formula is C66H56N10O12. The Labute approximate surface area is 499 Å². The third-order valence-electron chi connectivity index (χ3n) is 16.3. The van der Waals surface area contributed by atoms with Crippen LogP contribution in [0, 0.1) is 0 Å². The summed E-state index contributed by atoms with van der Waals surface area (Å²) < 4.78 is 53.4. The zero-order chi connectivity index (χ0) is 60.0. The molecule has 88 heavy (non-hydrogen) atoms. The lowest BCUT2D eigenvalue weighted by atomic mass is 10.0. The highest BCUT2D eigenvalue weighted by atomic mass is 16.8. The largest absolute Gasteiger partial charge is 0.491 e. The van der Waals surface area contributed by atoms with Crippen LogP contribution in [0.3, 0.4) is 0 Å². The van der Waals surface area contributed by atoms with Gasteiger partial charge in [-0.2, -0.15) is 0 Å². The minimum atomic E-state index is -0.954. The second-order valence-electron chi connectivity index (χ2n) is 22.9. The van der Waals surface area contributed by atoms with Gasteiger partial charge in [0.15, 0.2) is 24.0 Å². The number of ether oxygens (including phenoxy) is 8. The van der Waals surface area contributed by atoms with E-state index in [9.17, 15) is 19.2 Å². The Kier molecular flexibility index (Phi) is 13.4. The minimum absolute atomic E-state index is 0.0695. The molecular weight excluding hydrogens is 1120 g/mol. The number of hydrogen-bond acceptors (Lipinski definition) is 16. The maximum Gasteiger partial charge on any atom is 0.330 e. The maximum atomic E-state index is 12.9. The normalized spacial score (nSPS) is 22.9. The van der Waals surface area contributed by atoms with Crippen molar-refractivity contribution < 1.29 is 37.9 Å². The van der Waals surface area contributed by atoms with Crippen molar-refractivity contribution >= 4 is 46.4 Å². The predicted molar refractivity (Wildman–Crippen MR) is 325 cm³/mol. The molecule has 0 unspecified atom stereocenters. The van der Waals surface area contributed by atoms with E-state index in [0.29, 0.717) is 22.9 Å². The fourth-order valence-corrected chi connectivity index (χ4v) is 12.5. The molecule has 0 spiro atoms. The van der Waals surface area contributed by atoms with Gasteiger partial charge in [-0.15, -0.1) is 0 Å².